The van der Waals surface area contributed by atoms with Gasteiger partial charge in [-0.15, -0.1) is 11.3 Å². The molecule has 0 fully saturated rings. The molecule has 0 unspecified atom stereocenters. The highest BCUT2D eigenvalue weighted by molar-refractivity contribution is 9.11. The van der Waals surface area contributed by atoms with E-state index in [2.05, 4.69) is 15.9 Å². The number of rotatable bonds is 2. The first-order chi connectivity index (χ1) is 5.06. The van der Waals surface area contributed by atoms with Crippen LogP contribution in [0.4, 0.5) is 0 Å². The predicted molar refractivity (Wildman–Crippen MR) is 44.2 cm³/mol. The normalized spacial score (nSPS) is 11.5. The van der Waals surface area contributed by atoms with Gasteiger partial charge >= 0.3 is 0 Å². The SMILES string of the molecule is O=CC(O)(O)c1ccc(Br)s1. The van der Waals surface area contributed by atoms with Gasteiger partial charge < -0.3 is 10.2 Å². The van der Waals surface area contributed by atoms with E-state index in [1.807, 2.05) is 0 Å². The third-order valence-electron chi connectivity index (χ3n) is 1.10. The summed E-state index contributed by atoms with van der Waals surface area (Å²) in [6.07, 6.45) is 0.0886. The molecule has 5 heteroatoms. The fourth-order valence-corrected chi connectivity index (χ4v) is 1.91. The van der Waals surface area contributed by atoms with Crippen molar-refractivity contribution in [3.8, 4) is 0 Å². The van der Waals surface area contributed by atoms with E-state index in [9.17, 15) is 4.79 Å². The Morgan fingerprint density at radius 3 is 2.55 bits per heavy atom. The summed E-state index contributed by atoms with van der Waals surface area (Å²) in [5, 5.41) is 18.0. The maximum atomic E-state index is 10.1. The molecule has 0 spiro atoms. The summed E-state index contributed by atoms with van der Waals surface area (Å²) in [6, 6.07) is 3.12. The zero-order valence-electron chi connectivity index (χ0n) is 5.32. The number of carbonyl (C=O) groups is 1. The molecule has 3 nitrogen and oxygen atoms in total. The second kappa shape index (κ2) is 3.02. The number of carbonyl (C=O) groups excluding carboxylic acids is 1. The van der Waals surface area contributed by atoms with Crippen molar-refractivity contribution in [2.24, 2.45) is 0 Å². The highest BCUT2D eigenvalue weighted by Gasteiger charge is 2.26. The fourth-order valence-electron chi connectivity index (χ4n) is 0.570. The summed E-state index contributed by atoms with van der Waals surface area (Å²) in [6.45, 7) is 0. The minimum atomic E-state index is -2.34. The molecule has 1 rings (SSSR count). The van der Waals surface area contributed by atoms with Crippen molar-refractivity contribution in [3.63, 3.8) is 0 Å². The minimum Gasteiger partial charge on any atom is -0.356 e. The van der Waals surface area contributed by atoms with Gasteiger partial charge in [-0.05, 0) is 28.1 Å². The van der Waals surface area contributed by atoms with Crippen LogP contribution in [-0.2, 0) is 10.6 Å². The molecule has 0 saturated heterocycles. The maximum absolute atomic E-state index is 10.1. The molecule has 2 N–H and O–H groups in total. The Morgan fingerprint density at radius 1 is 1.55 bits per heavy atom. The van der Waals surface area contributed by atoms with E-state index < -0.39 is 5.79 Å². The number of thiophene rings is 1. The van der Waals surface area contributed by atoms with Crippen molar-refractivity contribution in [2.45, 2.75) is 5.79 Å². The van der Waals surface area contributed by atoms with Crippen LogP contribution in [0.15, 0.2) is 15.9 Å². The highest BCUT2D eigenvalue weighted by Crippen LogP contribution is 2.28. The third-order valence-corrected chi connectivity index (χ3v) is 2.84. The van der Waals surface area contributed by atoms with Gasteiger partial charge in [0.15, 0.2) is 6.29 Å². The Balaban J connectivity index is 3.01. The summed E-state index contributed by atoms with van der Waals surface area (Å²) >= 11 is 4.24. The molecule has 0 atom stereocenters. The Bertz CT molecular complexity index is 269. The average molecular weight is 237 g/mol. The summed E-state index contributed by atoms with van der Waals surface area (Å²) in [5.74, 6) is -2.34. The molecule has 1 aromatic rings. The van der Waals surface area contributed by atoms with Crippen LogP contribution in [0.25, 0.3) is 0 Å². The second-order valence-corrected chi connectivity index (χ2v) is 4.41. The van der Waals surface area contributed by atoms with Crippen molar-refractivity contribution in [1.82, 2.24) is 0 Å². The number of hydrogen-bond donors (Lipinski definition) is 2. The van der Waals surface area contributed by atoms with Gasteiger partial charge in [0.25, 0.3) is 5.79 Å². The fraction of sp³-hybridized carbons (Fsp3) is 0.167. The number of aldehydes is 1. The third kappa shape index (κ3) is 1.87. The Labute approximate surface area is 75.4 Å². The standard InChI is InChI=1S/C6H5BrO3S/c7-5-2-1-4(11-5)6(9,10)3-8/h1-3,9-10H. The van der Waals surface area contributed by atoms with Crippen LogP contribution < -0.4 is 0 Å². The van der Waals surface area contributed by atoms with Gasteiger partial charge in [0.2, 0.25) is 0 Å². The van der Waals surface area contributed by atoms with Crippen molar-refractivity contribution >= 4 is 33.6 Å². The largest absolute Gasteiger partial charge is 0.356 e. The molecule has 0 radical (unpaired) electrons. The van der Waals surface area contributed by atoms with Crippen LogP contribution >= 0.6 is 27.3 Å². The topological polar surface area (TPSA) is 57.5 Å². The van der Waals surface area contributed by atoms with Crippen LogP contribution in [0.3, 0.4) is 0 Å². The zero-order chi connectivity index (χ0) is 8.48. The van der Waals surface area contributed by atoms with E-state index in [1.165, 1.54) is 6.07 Å². The molecule has 0 aliphatic heterocycles. The van der Waals surface area contributed by atoms with Crippen molar-refractivity contribution in [3.05, 3.63) is 20.8 Å². The van der Waals surface area contributed by atoms with Crippen molar-refractivity contribution in [1.29, 1.82) is 0 Å². The van der Waals surface area contributed by atoms with Crippen molar-refractivity contribution in [2.75, 3.05) is 0 Å². The van der Waals surface area contributed by atoms with Gasteiger partial charge in [0.1, 0.15) is 0 Å². The summed E-state index contributed by atoms with van der Waals surface area (Å²) in [7, 11) is 0. The van der Waals surface area contributed by atoms with Gasteiger partial charge in [-0.2, -0.15) is 0 Å². The molecule has 0 bridgehead atoms. The summed E-state index contributed by atoms with van der Waals surface area (Å²) in [5.41, 5.74) is 0. The molecule has 0 aromatic carbocycles. The van der Waals surface area contributed by atoms with E-state index in [1.54, 1.807) is 6.07 Å². The molecule has 0 aliphatic carbocycles. The lowest BCUT2D eigenvalue weighted by Gasteiger charge is -2.10. The van der Waals surface area contributed by atoms with E-state index in [0.717, 1.165) is 15.1 Å². The molecular formula is C6H5BrO3S. The van der Waals surface area contributed by atoms with Crippen LogP contribution in [-0.4, -0.2) is 16.5 Å². The van der Waals surface area contributed by atoms with Gasteiger partial charge in [0, 0.05) is 0 Å². The number of halogens is 1. The second-order valence-electron chi connectivity index (χ2n) is 1.95. The molecule has 0 saturated carbocycles. The molecule has 0 aliphatic rings. The van der Waals surface area contributed by atoms with Gasteiger partial charge in [-0.1, -0.05) is 0 Å². The molecule has 1 heterocycles. The Kier molecular flexibility index (Phi) is 2.43. The first-order valence-corrected chi connectivity index (χ1v) is 4.34. The maximum Gasteiger partial charge on any atom is 0.257 e. The smallest absolute Gasteiger partial charge is 0.257 e. The van der Waals surface area contributed by atoms with Gasteiger partial charge in [-0.25, -0.2) is 0 Å². The quantitative estimate of drug-likeness (QED) is 0.592. The monoisotopic (exact) mass is 236 g/mol. The molecule has 60 valence electrons. The highest BCUT2D eigenvalue weighted by atomic mass is 79.9. The minimum absolute atomic E-state index is 0.0886. The van der Waals surface area contributed by atoms with Gasteiger partial charge in [-0.3, -0.25) is 4.79 Å². The Morgan fingerprint density at radius 2 is 2.18 bits per heavy atom. The van der Waals surface area contributed by atoms with Crippen molar-refractivity contribution < 1.29 is 15.0 Å². The lowest BCUT2D eigenvalue weighted by molar-refractivity contribution is -0.171. The van der Waals surface area contributed by atoms with Gasteiger partial charge in [0.05, 0.1) is 8.66 Å². The van der Waals surface area contributed by atoms with Crippen LogP contribution in [0, 0.1) is 0 Å². The first-order valence-electron chi connectivity index (χ1n) is 2.73. The van der Waals surface area contributed by atoms with E-state index in [-0.39, 0.29) is 11.2 Å². The van der Waals surface area contributed by atoms with Crippen LogP contribution in [0.5, 0.6) is 0 Å². The molecule has 1 aromatic heterocycles. The number of hydrogen-bond acceptors (Lipinski definition) is 4. The van der Waals surface area contributed by atoms with Crippen LogP contribution in [0.2, 0.25) is 0 Å². The van der Waals surface area contributed by atoms with E-state index >= 15 is 0 Å². The average Bonchev–Trinajstić information content (AvgIpc) is 2.36. The molecular weight excluding hydrogens is 232 g/mol. The van der Waals surface area contributed by atoms with Crippen LogP contribution in [0.1, 0.15) is 4.88 Å². The van der Waals surface area contributed by atoms with E-state index in [0.29, 0.717) is 0 Å². The molecule has 11 heavy (non-hydrogen) atoms. The Hall–Kier alpha value is -0.230. The molecule has 0 amide bonds. The lowest BCUT2D eigenvalue weighted by Crippen LogP contribution is -2.24. The summed E-state index contributed by atoms with van der Waals surface area (Å²) < 4.78 is 0.752. The van der Waals surface area contributed by atoms with E-state index in [4.69, 9.17) is 10.2 Å². The first kappa shape index (κ1) is 8.86. The lowest BCUT2D eigenvalue weighted by atomic mass is 10.2. The predicted octanol–water partition coefficient (Wildman–Crippen LogP) is 0.847. The zero-order valence-corrected chi connectivity index (χ0v) is 7.72. The number of aliphatic hydroxyl groups is 2. The summed E-state index contributed by atoms with van der Waals surface area (Å²) in [4.78, 5) is 10.3.